The number of ketones is 1. The highest BCUT2D eigenvalue weighted by Crippen LogP contribution is 2.37. The number of imidazole rings is 2. The number of sulfone groups is 1. The number of para-hydroxylation sites is 4. The average Bonchev–Trinajstić information content (AvgIpc) is 1.62. The number of aromatic amines is 2. The zero-order valence-corrected chi connectivity index (χ0v) is 67.3. The lowest BCUT2D eigenvalue weighted by molar-refractivity contribution is -0.118. The number of nitrogens with two attached hydrogens (primary N) is 1. The first-order chi connectivity index (χ1) is 57.3. The van der Waals surface area contributed by atoms with Gasteiger partial charge in [-0.25, -0.2) is 36.7 Å². The Bertz CT molecular complexity index is 6380. The molecule has 10 N–H and O–H groups in total. The van der Waals surface area contributed by atoms with E-state index in [1.165, 1.54) is 52.9 Å². The third kappa shape index (κ3) is 18.7. The molecule has 4 amide bonds. The Hall–Kier alpha value is -13.8. The molecule has 119 heavy (non-hydrogen) atoms. The number of benzene rings is 9. The van der Waals surface area contributed by atoms with Crippen molar-refractivity contribution in [1.82, 2.24) is 29.4 Å². The van der Waals surface area contributed by atoms with E-state index in [0.717, 1.165) is 173 Å². The molecule has 3 aromatic heterocycles. The lowest BCUT2D eigenvalue weighted by Crippen LogP contribution is -2.37. The molecule has 27 heteroatoms. The summed E-state index contributed by atoms with van der Waals surface area (Å²) in [5, 5.41) is 23.7. The van der Waals surface area contributed by atoms with Gasteiger partial charge in [-0.3, -0.25) is 28.5 Å². The fourth-order valence-electron chi connectivity index (χ4n) is 15.6. The number of hydrogen-bond donors (Lipinski definition) is 9. The van der Waals surface area contributed by atoms with E-state index in [1.807, 2.05) is 128 Å². The molecule has 0 radical (unpaired) electrons. The van der Waals surface area contributed by atoms with Gasteiger partial charge in [-0.15, -0.1) is 0 Å². The number of aromatic nitrogens is 5. The van der Waals surface area contributed by atoms with Crippen molar-refractivity contribution in [1.29, 1.82) is 0 Å². The minimum absolute atomic E-state index is 0.00175. The quantitative estimate of drug-likeness (QED) is 0.0460. The average molecular weight is 1630 g/mol. The van der Waals surface area contributed by atoms with E-state index in [1.54, 1.807) is 55.6 Å². The third-order valence-corrected chi connectivity index (χ3v) is 24.1. The van der Waals surface area contributed by atoms with Crippen molar-refractivity contribution >= 4 is 117 Å². The Morgan fingerprint density at radius 2 is 1.07 bits per heavy atom. The van der Waals surface area contributed by atoms with Crippen LogP contribution in [-0.2, 0) is 92.0 Å². The number of H-pyrrole nitrogens is 2. The van der Waals surface area contributed by atoms with Gasteiger partial charge in [-0.05, 0) is 180 Å². The second-order valence-corrected chi connectivity index (χ2v) is 34.0. The Kier molecular flexibility index (Phi) is 23.4. The highest BCUT2D eigenvalue weighted by molar-refractivity contribution is 7.91. The molecule has 604 valence electrons. The molecule has 9 aromatic carbocycles. The fraction of sp³-hybridized carbons (Fsp3) is 0.196. The van der Waals surface area contributed by atoms with Gasteiger partial charge in [-0.1, -0.05) is 130 Å². The van der Waals surface area contributed by atoms with E-state index in [4.69, 9.17) is 10.1 Å². The van der Waals surface area contributed by atoms with Crippen molar-refractivity contribution in [3.05, 3.63) is 328 Å². The molecule has 0 aliphatic carbocycles. The molecule has 0 unspecified atom stereocenters. The van der Waals surface area contributed by atoms with Crippen molar-refractivity contribution in [2.24, 2.45) is 5.14 Å². The zero-order chi connectivity index (χ0) is 83.2. The number of carbonyl (C=O) groups excluding carboxylic acids is 5. The normalized spacial score (nSPS) is 14.4. The number of Topliss-reactive ketones (excluding diaryl/α,β-unsaturated/α-hetero) is 1. The third-order valence-electron chi connectivity index (χ3n) is 21.5. The van der Waals surface area contributed by atoms with Crippen LogP contribution in [0.4, 0.5) is 45.6 Å². The monoisotopic (exact) mass is 1630 g/mol. The molecule has 1 saturated heterocycles. The summed E-state index contributed by atoms with van der Waals surface area (Å²) in [6.45, 7) is 20.5. The first-order valence-electron chi connectivity index (χ1n) is 39.3. The van der Waals surface area contributed by atoms with Crippen LogP contribution in [0.25, 0.3) is 27.8 Å². The molecule has 0 bridgehead atoms. The summed E-state index contributed by atoms with van der Waals surface area (Å²) >= 11 is 0. The van der Waals surface area contributed by atoms with Gasteiger partial charge < -0.3 is 56.6 Å². The molecular weight excluding hydrogens is 1540 g/mol. The van der Waals surface area contributed by atoms with E-state index >= 15 is 0 Å². The van der Waals surface area contributed by atoms with Crippen molar-refractivity contribution in [2.75, 3.05) is 73.6 Å². The summed E-state index contributed by atoms with van der Waals surface area (Å²) in [5.41, 5.74) is 23.4. The topological polar surface area (TPSA) is 341 Å². The number of allylic oxidation sites excluding steroid dienone is 3. The molecule has 7 aliphatic rings. The number of likely N-dealkylation sites (tertiary alicyclic amines) is 1. The number of hydrogen-bond acceptors (Lipinski definition) is 17. The van der Waals surface area contributed by atoms with Crippen LogP contribution < -0.4 is 52.5 Å². The number of fused-ring (bicyclic) bond motifs is 8. The summed E-state index contributed by atoms with van der Waals surface area (Å²) in [4.78, 5) is 94.5. The number of nitrogens with one attached hydrogen (secondary N) is 8. The minimum Gasteiger partial charge on any atom is -0.359 e. The lowest BCUT2D eigenvalue weighted by Gasteiger charge is -2.26. The van der Waals surface area contributed by atoms with Crippen LogP contribution in [0, 0.1) is 0 Å². The van der Waals surface area contributed by atoms with Crippen molar-refractivity contribution in [3.8, 4) is 5.69 Å². The van der Waals surface area contributed by atoms with Gasteiger partial charge in [0.05, 0.1) is 73.1 Å². The predicted octanol–water partition coefficient (Wildman–Crippen LogP) is 14.0. The van der Waals surface area contributed by atoms with Crippen LogP contribution in [-0.4, -0.2) is 108 Å². The smallest absolute Gasteiger partial charge is 0.323 e. The van der Waals surface area contributed by atoms with Crippen LogP contribution in [0.2, 0.25) is 0 Å². The number of carbonyl (C=O) groups is 5. The van der Waals surface area contributed by atoms with Crippen LogP contribution in [0.15, 0.2) is 270 Å². The number of nitrogens with zero attached hydrogens (tertiary/aromatic N) is 6. The number of pyridine rings is 1. The Morgan fingerprint density at radius 3 is 1.74 bits per heavy atom. The second-order valence-electron chi connectivity index (χ2n) is 30.1. The molecule has 10 heterocycles. The number of sulfonamides is 1. The molecule has 0 atom stereocenters. The van der Waals surface area contributed by atoms with Gasteiger partial charge in [-0.2, -0.15) is 0 Å². The Balaban J connectivity index is 0.000000116. The summed E-state index contributed by atoms with van der Waals surface area (Å²) in [6, 6.07) is 61.7. The molecule has 25 nitrogen and oxygen atoms in total. The lowest BCUT2D eigenvalue weighted by atomic mass is 10.0. The molecule has 0 spiro atoms. The predicted molar refractivity (Wildman–Crippen MR) is 467 cm³/mol. The number of primary sulfonamides is 1. The van der Waals surface area contributed by atoms with Crippen LogP contribution in [0.5, 0.6) is 0 Å². The molecule has 7 aliphatic heterocycles. The van der Waals surface area contributed by atoms with Crippen LogP contribution in [0.3, 0.4) is 0 Å². The van der Waals surface area contributed by atoms with Gasteiger partial charge >= 0.3 is 5.69 Å². The van der Waals surface area contributed by atoms with Gasteiger partial charge in [0.1, 0.15) is 17.4 Å². The first kappa shape index (κ1) is 80.4. The van der Waals surface area contributed by atoms with E-state index in [0.29, 0.717) is 57.8 Å². The number of anilines is 8. The highest BCUT2D eigenvalue weighted by Gasteiger charge is 2.30. The van der Waals surface area contributed by atoms with Crippen molar-refractivity contribution < 1.29 is 40.8 Å². The highest BCUT2D eigenvalue weighted by atomic mass is 32.2. The zero-order valence-electron chi connectivity index (χ0n) is 65.6. The van der Waals surface area contributed by atoms with Crippen molar-refractivity contribution in [3.63, 3.8) is 0 Å². The summed E-state index contributed by atoms with van der Waals surface area (Å²) in [7, 11) is -6.95. The largest absolute Gasteiger partial charge is 0.359 e. The van der Waals surface area contributed by atoms with E-state index in [9.17, 15) is 45.6 Å². The number of rotatable bonds is 15. The van der Waals surface area contributed by atoms with Gasteiger partial charge in [0.25, 0.3) is 11.8 Å². The summed E-state index contributed by atoms with van der Waals surface area (Å²) in [6.07, 6.45) is 10.4. The Labute approximate surface area is 688 Å². The SMILES string of the molecule is C=C1Cc2cc(C(=O)N3CCc4ccccc43)cnc2N1.C=C1Cc2cc(CC(=O)Cc3ccc(S(=O)(=O)CC)cc3)ccc2N1.C=C1Cc2cc(CC(=O)N3CCc4ccccc43)ccc2N1.C=C1Nc2ccc(-n3c(C(=O)N4CCCCC4)nc4ccccc43)cc2N1.NS(=O)(=O)c1ccc(CC(=O)Nc2ccc3[nH]c(=O)[nH]c3c2)cc1. The summed E-state index contributed by atoms with van der Waals surface area (Å²) < 4.78 is 48.0. The minimum atomic E-state index is -3.75. The molecule has 1 fully saturated rings. The fourth-order valence-corrected chi connectivity index (χ4v) is 17.0. The molecule has 12 aromatic rings. The standard InChI is InChI=1S/C21H21N5O.C20H21NO3S.C19H18N2O.C17H15N3O.C15H14N4O4S/c1-14-22-16-10-9-15(13-18(16)23-14)26-19-8-4-3-7-17(19)24-20(26)21(27)25-11-5-2-6-12-25;1-3-25(23,24)19-7-4-15(5-8-19)12-18(22)13-16-6-9-20-17(11-16)10-14(2)21-20;1-13-10-16-11-14(6-7-17(16)20-13)12-19(22)21-9-8-15-4-2-3-5-18(15)21;1-11-8-13-9-14(10-18-16(13)19-11)17(21)20-7-6-12-4-2-3-5-15(12)20;16-24(22,23)11-4-1-9(2-5-11)7-14(20)17-10-3-6-12-13(8-10)19-15(21)18-12/h3-4,7-10,13,22-23H,1-2,5-6,11-12H2;4-9,11,21H,2-3,10,12-13H2,1H3;2-7,11,20H,1,8-10,12H2;2-5,9-10H,1,6-8H2,(H,18,19);1-6,8H,7H2,(H,17,20)(H2,16,22,23)(H2,18,19,21). The molecule has 19 rings (SSSR count). The first-order valence-corrected chi connectivity index (χ1v) is 42.5. The maximum Gasteiger partial charge on any atom is 0.323 e. The number of amides is 4. The second kappa shape index (κ2) is 34.6. The van der Waals surface area contributed by atoms with E-state index < -0.39 is 19.9 Å². The Morgan fingerprint density at radius 1 is 0.504 bits per heavy atom. The maximum atomic E-state index is 13.2. The summed E-state index contributed by atoms with van der Waals surface area (Å²) in [5.74, 6) is 2.16. The van der Waals surface area contributed by atoms with Gasteiger partial charge in [0, 0.05) is 116 Å². The van der Waals surface area contributed by atoms with Crippen LogP contribution >= 0.6 is 0 Å². The van der Waals surface area contributed by atoms with Crippen molar-refractivity contribution in [2.45, 2.75) is 93.8 Å². The van der Waals surface area contributed by atoms with E-state index in [2.05, 4.69) is 97.4 Å². The number of piperidine rings is 1. The van der Waals surface area contributed by atoms with Gasteiger partial charge in [0.15, 0.2) is 9.84 Å². The molecular formula is C92H89N15O10S2. The molecule has 0 saturated carbocycles. The maximum absolute atomic E-state index is 13.2. The van der Waals surface area contributed by atoms with Crippen LogP contribution in [0.1, 0.15) is 97.2 Å². The van der Waals surface area contributed by atoms with Gasteiger partial charge in [0.2, 0.25) is 27.7 Å². The van der Waals surface area contributed by atoms with E-state index in [-0.39, 0.29) is 52.2 Å².